The highest BCUT2D eigenvalue weighted by Crippen LogP contribution is 2.49. The van der Waals surface area contributed by atoms with E-state index >= 15 is 0 Å². The third kappa shape index (κ3) is 8.63. The summed E-state index contributed by atoms with van der Waals surface area (Å²) in [6.07, 6.45) is 1.88. The number of pyridine rings is 1. The van der Waals surface area contributed by atoms with Crippen molar-refractivity contribution in [2.75, 3.05) is 0 Å². The van der Waals surface area contributed by atoms with Crippen LogP contribution in [0.2, 0.25) is 0 Å². The van der Waals surface area contributed by atoms with E-state index in [9.17, 15) is 0 Å². The number of hydrogen-bond donors (Lipinski definition) is 0. The molecule has 0 bridgehead atoms. The highest BCUT2D eigenvalue weighted by atomic mass is 15.2. The molecule has 0 unspecified atom stereocenters. The Hall–Kier alpha value is -13.4. The zero-order chi connectivity index (χ0) is 64.4. The van der Waals surface area contributed by atoms with Gasteiger partial charge in [0.15, 0.2) is 0 Å². The van der Waals surface area contributed by atoms with Crippen LogP contribution in [0.4, 0.5) is 0 Å². The van der Waals surface area contributed by atoms with Gasteiger partial charge in [0.1, 0.15) is 5.82 Å². The lowest BCUT2D eigenvalue weighted by Gasteiger charge is -2.16. The molecule has 0 saturated heterocycles. The molecule has 20 rings (SSSR count). The van der Waals surface area contributed by atoms with Crippen LogP contribution >= 0.6 is 0 Å². The molecule has 13 aromatic carbocycles. The van der Waals surface area contributed by atoms with Gasteiger partial charge in [0.2, 0.25) is 11.9 Å². The van der Waals surface area contributed by atoms with Crippen molar-refractivity contribution in [1.82, 2.24) is 43.2 Å². The molecule has 0 aliphatic rings. The number of aromatic nitrogens is 9. The van der Waals surface area contributed by atoms with E-state index < -0.39 is 0 Å². The van der Waals surface area contributed by atoms with Crippen molar-refractivity contribution in [2.24, 2.45) is 0 Å². The van der Waals surface area contributed by atoms with Crippen LogP contribution in [0.3, 0.4) is 0 Å². The van der Waals surface area contributed by atoms with Crippen LogP contribution in [-0.4, -0.2) is 43.2 Å². The van der Waals surface area contributed by atoms with E-state index in [2.05, 4.69) is 328 Å². The molecule has 0 atom stereocenters. The second kappa shape index (κ2) is 22.1. The summed E-state index contributed by atoms with van der Waals surface area (Å²) in [4.78, 5) is 27.8. The van der Waals surface area contributed by atoms with Crippen molar-refractivity contribution in [3.8, 4) is 90.7 Å². The van der Waals surface area contributed by atoms with Crippen molar-refractivity contribution < 1.29 is 0 Å². The second-order valence-corrected chi connectivity index (χ2v) is 25.1. The van der Waals surface area contributed by atoms with Crippen LogP contribution in [0.25, 0.3) is 189 Å². The summed E-state index contributed by atoms with van der Waals surface area (Å²) in [7, 11) is 0. The lowest BCUT2D eigenvalue weighted by atomic mass is 9.94. The Kier molecular flexibility index (Phi) is 12.4. The smallest absolute Gasteiger partial charge is 0.235 e. The predicted octanol–water partition coefficient (Wildman–Crippen LogP) is 22.2. The Morgan fingerprint density at radius 1 is 0.224 bits per heavy atom. The molecule has 7 heterocycles. The Bertz CT molecular complexity index is 6530. The van der Waals surface area contributed by atoms with Crippen LogP contribution in [-0.2, 0) is 0 Å². The number of hydrogen-bond acceptors (Lipinski definition) is 5. The van der Waals surface area contributed by atoms with Crippen molar-refractivity contribution in [2.45, 2.75) is 0 Å². The van der Waals surface area contributed by atoms with E-state index in [0.29, 0.717) is 11.9 Å². The summed E-state index contributed by atoms with van der Waals surface area (Å²) >= 11 is 0. The van der Waals surface area contributed by atoms with Gasteiger partial charge in [-0.1, -0.05) is 243 Å². The maximum absolute atomic E-state index is 5.87. The molecule has 0 radical (unpaired) electrons. The first kappa shape index (κ1) is 55.1. The number of rotatable bonds is 10. The minimum absolute atomic E-state index is 0.559. The lowest BCUT2D eigenvalue weighted by molar-refractivity contribution is 0.993. The van der Waals surface area contributed by atoms with Crippen LogP contribution < -0.4 is 0 Å². The Morgan fingerprint density at radius 2 is 0.622 bits per heavy atom. The fourth-order valence-corrected chi connectivity index (χ4v) is 15.3. The first-order chi connectivity index (χ1) is 48.6. The van der Waals surface area contributed by atoms with E-state index in [1.165, 1.54) is 10.8 Å². The zero-order valence-electron chi connectivity index (χ0n) is 52.8. The molecule has 0 amide bonds. The van der Waals surface area contributed by atoms with Crippen molar-refractivity contribution in [3.05, 3.63) is 334 Å². The summed E-state index contributed by atoms with van der Waals surface area (Å²) in [5, 5.41) is 11.2. The molecule has 0 spiro atoms. The highest BCUT2D eigenvalue weighted by molar-refractivity contribution is 6.30. The van der Waals surface area contributed by atoms with Crippen LogP contribution in [0, 0.1) is 0 Å². The lowest BCUT2D eigenvalue weighted by Crippen LogP contribution is -2.05. The van der Waals surface area contributed by atoms with Gasteiger partial charge in [-0.15, -0.1) is 0 Å². The van der Waals surface area contributed by atoms with E-state index in [1.807, 2.05) is 24.4 Å². The van der Waals surface area contributed by atoms with Gasteiger partial charge in [-0.05, 0) is 118 Å². The minimum Gasteiger partial charge on any atom is -0.307 e. The average molecular weight is 1250 g/mol. The van der Waals surface area contributed by atoms with Crippen molar-refractivity contribution >= 4 is 98.0 Å². The summed E-state index contributed by atoms with van der Waals surface area (Å²) in [5.41, 5.74) is 20.7. The van der Waals surface area contributed by atoms with E-state index in [4.69, 9.17) is 24.9 Å². The molecule has 0 N–H and O–H groups in total. The summed E-state index contributed by atoms with van der Waals surface area (Å²) in [6, 6.07) is 117. The SMILES string of the molecule is c1ccc(-c2cc(-c3ccccc3)nc(-n3c4ccccc4c4cc(-c5cccc(-c6cc(-c7ccccc7)nc(-n7c8ccccc8c8c(-c9ccc%10ccccc%10c9)cc9c%10ccccc%10n(-c%10ccccc%10)c9c87)n6)c5)c5c6ccccc6n(-c6ccccn6)c5c43)n2)cc1. The molecule has 0 fully saturated rings. The van der Waals surface area contributed by atoms with Gasteiger partial charge in [-0.3, -0.25) is 13.7 Å². The number of benzene rings is 13. The van der Waals surface area contributed by atoms with Gasteiger partial charge in [-0.25, -0.2) is 24.9 Å². The standard InChI is InChI=1S/C89H55N9/c1-5-27-57(28-6-1)73-54-74(58-29-7-2-8-30-58)92-88(91-73)97-78-43-20-16-39-66(78)72-52-69(82-67-40-17-21-44-79(67)96(86(82)85(72)97)81-46-23-24-49-90-81)61-34-25-35-63(51-61)76-55-75(59-31-9-3-10-32-59)93-89(94-76)98-80-45-22-18-41-68(80)83-70(62-48-47-56-26-13-14-33-60(56)50-62)53-71-65-38-15-19-42-77(65)95(84(71)87(83)98)64-36-11-4-12-37-64/h1-55H. The van der Waals surface area contributed by atoms with Gasteiger partial charge >= 0.3 is 0 Å². The molecule has 9 heteroatoms. The normalized spacial score (nSPS) is 11.9. The number of para-hydroxylation sites is 5. The predicted molar refractivity (Wildman–Crippen MR) is 403 cm³/mol. The summed E-state index contributed by atoms with van der Waals surface area (Å²) in [5.74, 6) is 1.92. The summed E-state index contributed by atoms with van der Waals surface area (Å²) in [6.45, 7) is 0. The maximum Gasteiger partial charge on any atom is 0.235 e. The molecular formula is C89H55N9. The summed E-state index contributed by atoms with van der Waals surface area (Å²) < 4.78 is 9.40. The van der Waals surface area contributed by atoms with Gasteiger partial charge in [-0.2, -0.15) is 0 Å². The van der Waals surface area contributed by atoms with Gasteiger partial charge in [0.05, 0.1) is 66.9 Å². The Morgan fingerprint density at radius 3 is 1.17 bits per heavy atom. The molecule has 0 aliphatic carbocycles. The third-order valence-electron chi connectivity index (χ3n) is 19.6. The van der Waals surface area contributed by atoms with E-state index in [-0.39, 0.29) is 0 Å². The fraction of sp³-hybridized carbons (Fsp3) is 0. The molecular weight excluding hydrogens is 1200 g/mol. The zero-order valence-corrected chi connectivity index (χ0v) is 52.8. The first-order valence-electron chi connectivity index (χ1n) is 33.1. The van der Waals surface area contributed by atoms with Crippen LogP contribution in [0.5, 0.6) is 0 Å². The van der Waals surface area contributed by atoms with Gasteiger partial charge in [0, 0.05) is 77.2 Å². The van der Waals surface area contributed by atoms with Crippen molar-refractivity contribution in [1.29, 1.82) is 0 Å². The third-order valence-corrected chi connectivity index (χ3v) is 19.6. The molecule has 0 aliphatic heterocycles. The van der Waals surface area contributed by atoms with Crippen molar-refractivity contribution in [3.63, 3.8) is 0 Å². The highest BCUT2D eigenvalue weighted by Gasteiger charge is 2.29. The monoisotopic (exact) mass is 1250 g/mol. The van der Waals surface area contributed by atoms with E-state index in [1.54, 1.807) is 0 Å². The molecule has 9 nitrogen and oxygen atoms in total. The topological polar surface area (TPSA) is 84.2 Å². The molecule has 98 heavy (non-hydrogen) atoms. The second-order valence-electron chi connectivity index (χ2n) is 25.1. The van der Waals surface area contributed by atoms with Crippen LogP contribution in [0.1, 0.15) is 0 Å². The average Bonchev–Trinajstić information content (AvgIpc) is 1.54. The van der Waals surface area contributed by atoms with Gasteiger partial charge in [0.25, 0.3) is 0 Å². The first-order valence-corrected chi connectivity index (χ1v) is 33.1. The molecule has 456 valence electrons. The largest absolute Gasteiger partial charge is 0.307 e. The maximum atomic E-state index is 5.87. The van der Waals surface area contributed by atoms with Gasteiger partial charge < -0.3 is 4.57 Å². The Labute approximate surface area is 562 Å². The quantitative estimate of drug-likeness (QED) is 0.136. The minimum atomic E-state index is 0.559. The number of fused-ring (bicyclic) bond motifs is 15. The molecule has 20 aromatic rings. The van der Waals surface area contributed by atoms with E-state index in [0.717, 1.165) is 166 Å². The Balaban J connectivity index is 0.871. The molecule has 0 saturated carbocycles. The van der Waals surface area contributed by atoms with Crippen LogP contribution in [0.15, 0.2) is 334 Å². The molecule has 7 aromatic heterocycles. The number of nitrogens with zero attached hydrogens (tertiary/aromatic N) is 9. The fourth-order valence-electron chi connectivity index (χ4n) is 15.3.